The lowest BCUT2D eigenvalue weighted by Crippen LogP contribution is -2.44. The average molecular weight is 205 g/mol. The molecule has 0 saturated carbocycles. The number of rotatable bonds is 1. The summed E-state index contributed by atoms with van der Waals surface area (Å²) in [5, 5.41) is 0. The summed E-state index contributed by atoms with van der Waals surface area (Å²) < 4.78 is 5.48. The van der Waals surface area contributed by atoms with Gasteiger partial charge in [-0.1, -0.05) is 18.2 Å². The van der Waals surface area contributed by atoms with Gasteiger partial charge < -0.3 is 10.5 Å². The molecule has 1 atom stereocenters. The Bertz CT molecular complexity index is 354. The fourth-order valence-electron chi connectivity index (χ4n) is 2.09. The van der Waals surface area contributed by atoms with E-state index in [9.17, 15) is 0 Å². The minimum absolute atomic E-state index is 0.267. The second kappa shape index (κ2) is 3.95. The highest BCUT2D eigenvalue weighted by atomic mass is 16.5. The lowest BCUT2D eigenvalue weighted by atomic mass is 9.84. The normalized spacial score (nSPS) is 26.6. The van der Waals surface area contributed by atoms with Crippen LogP contribution in [0.1, 0.15) is 29.5 Å². The Labute approximate surface area is 91.4 Å². The average Bonchev–Trinajstić information content (AvgIpc) is 2.23. The molecule has 15 heavy (non-hydrogen) atoms. The quantitative estimate of drug-likeness (QED) is 0.763. The third kappa shape index (κ3) is 2.06. The topological polar surface area (TPSA) is 35.2 Å². The number of ether oxygens (including phenoxy) is 1. The van der Waals surface area contributed by atoms with E-state index < -0.39 is 0 Å². The summed E-state index contributed by atoms with van der Waals surface area (Å²) in [5.41, 5.74) is 9.95. The first-order valence-corrected chi connectivity index (χ1v) is 5.56. The van der Waals surface area contributed by atoms with Crippen LogP contribution in [0.15, 0.2) is 18.2 Å². The number of aryl methyl sites for hydroxylation is 2. The fourth-order valence-corrected chi connectivity index (χ4v) is 2.09. The molecule has 0 bridgehead atoms. The van der Waals surface area contributed by atoms with Crippen LogP contribution >= 0.6 is 0 Å². The second-order valence-electron chi connectivity index (χ2n) is 4.61. The monoisotopic (exact) mass is 205 g/mol. The van der Waals surface area contributed by atoms with Gasteiger partial charge in [0.25, 0.3) is 0 Å². The van der Waals surface area contributed by atoms with Crippen LogP contribution in [0.2, 0.25) is 0 Å². The molecule has 2 nitrogen and oxygen atoms in total. The molecule has 2 heteroatoms. The maximum atomic E-state index is 6.37. The van der Waals surface area contributed by atoms with Crippen LogP contribution in [-0.2, 0) is 10.3 Å². The van der Waals surface area contributed by atoms with Gasteiger partial charge in [0.1, 0.15) is 0 Å². The van der Waals surface area contributed by atoms with Gasteiger partial charge in [0.05, 0.1) is 12.1 Å². The highest BCUT2D eigenvalue weighted by Gasteiger charge is 2.30. The molecule has 1 aromatic carbocycles. The van der Waals surface area contributed by atoms with E-state index in [-0.39, 0.29) is 5.54 Å². The van der Waals surface area contributed by atoms with Gasteiger partial charge in [-0.25, -0.2) is 0 Å². The molecule has 1 aromatic rings. The van der Waals surface area contributed by atoms with E-state index in [0.29, 0.717) is 6.61 Å². The Balaban J connectivity index is 2.31. The maximum absolute atomic E-state index is 6.37. The van der Waals surface area contributed by atoms with Gasteiger partial charge >= 0.3 is 0 Å². The molecular weight excluding hydrogens is 186 g/mol. The van der Waals surface area contributed by atoms with Gasteiger partial charge in [0.2, 0.25) is 0 Å². The molecule has 2 N–H and O–H groups in total. The van der Waals surface area contributed by atoms with Gasteiger partial charge in [0, 0.05) is 6.61 Å². The van der Waals surface area contributed by atoms with Crippen LogP contribution in [0.4, 0.5) is 0 Å². The summed E-state index contributed by atoms with van der Waals surface area (Å²) >= 11 is 0. The lowest BCUT2D eigenvalue weighted by Gasteiger charge is -2.34. The van der Waals surface area contributed by atoms with Crippen molar-refractivity contribution in [1.82, 2.24) is 0 Å². The van der Waals surface area contributed by atoms with Crippen molar-refractivity contribution in [3.8, 4) is 0 Å². The highest BCUT2D eigenvalue weighted by molar-refractivity contribution is 5.34. The lowest BCUT2D eigenvalue weighted by molar-refractivity contribution is 0.0366. The van der Waals surface area contributed by atoms with Crippen molar-refractivity contribution in [2.24, 2.45) is 5.73 Å². The molecule has 1 fully saturated rings. The third-order valence-corrected chi connectivity index (χ3v) is 3.35. The van der Waals surface area contributed by atoms with Crippen LogP contribution in [0.25, 0.3) is 0 Å². The van der Waals surface area contributed by atoms with E-state index in [1.807, 2.05) is 0 Å². The molecule has 1 aliphatic heterocycles. The summed E-state index contributed by atoms with van der Waals surface area (Å²) in [4.78, 5) is 0. The zero-order valence-electron chi connectivity index (χ0n) is 9.55. The van der Waals surface area contributed by atoms with Crippen molar-refractivity contribution in [2.45, 2.75) is 32.2 Å². The Morgan fingerprint density at radius 3 is 2.67 bits per heavy atom. The largest absolute Gasteiger partial charge is 0.379 e. The number of nitrogens with two attached hydrogens (primary N) is 1. The number of benzene rings is 1. The molecule has 0 spiro atoms. The second-order valence-corrected chi connectivity index (χ2v) is 4.61. The molecule has 0 aliphatic carbocycles. The van der Waals surface area contributed by atoms with Gasteiger partial charge in [-0.05, 0) is 43.4 Å². The van der Waals surface area contributed by atoms with Crippen LogP contribution in [0, 0.1) is 13.8 Å². The standard InChI is InChI=1S/C13H19NO/c1-10-4-5-12(8-11(10)2)13(14)6-3-7-15-9-13/h4-5,8H,3,6-7,9,14H2,1-2H3. The number of hydrogen-bond donors (Lipinski definition) is 1. The summed E-state index contributed by atoms with van der Waals surface area (Å²) in [7, 11) is 0. The minimum atomic E-state index is -0.267. The number of hydrogen-bond acceptors (Lipinski definition) is 2. The van der Waals surface area contributed by atoms with Gasteiger partial charge in [0.15, 0.2) is 0 Å². The predicted octanol–water partition coefficient (Wildman–Crippen LogP) is 2.27. The first kappa shape index (κ1) is 10.7. The molecular formula is C13H19NO. The minimum Gasteiger partial charge on any atom is -0.379 e. The zero-order chi connectivity index (χ0) is 10.9. The molecule has 1 unspecified atom stereocenters. The van der Waals surface area contributed by atoms with E-state index in [1.54, 1.807) is 0 Å². The Kier molecular flexibility index (Phi) is 2.81. The summed E-state index contributed by atoms with van der Waals surface area (Å²) in [6, 6.07) is 6.48. The Morgan fingerprint density at radius 2 is 2.07 bits per heavy atom. The summed E-state index contributed by atoms with van der Waals surface area (Å²) in [6.45, 7) is 5.75. The summed E-state index contributed by atoms with van der Waals surface area (Å²) in [6.07, 6.45) is 2.08. The van der Waals surface area contributed by atoms with Gasteiger partial charge in [-0.2, -0.15) is 0 Å². The molecule has 2 rings (SSSR count). The van der Waals surface area contributed by atoms with Gasteiger partial charge in [-0.3, -0.25) is 0 Å². The molecule has 1 saturated heterocycles. The van der Waals surface area contributed by atoms with Crippen LogP contribution in [0.3, 0.4) is 0 Å². The van der Waals surface area contributed by atoms with Crippen LogP contribution in [0.5, 0.6) is 0 Å². The van der Waals surface area contributed by atoms with Gasteiger partial charge in [-0.15, -0.1) is 0 Å². The highest BCUT2D eigenvalue weighted by Crippen LogP contribution is 2.28. The maximum Gasteiger partial charge on any atom is 0.0688 e. The molecule has 0 amide bonds. The van der Waals surface area contributed by atoms with E-state index in [4.69, 9.17) is 10.5 Å². The Hall–Kier alpha value is -0.860. The SMILES string of the molecule is Cc1ccc(C2(N)CCCOC2)cc1C. The Morgan fingerprint density at radius 1 is 1.27 bits per heavy atom. The first-order valence-electron chi connectivity index (χ1n) is 5.56. The first-order chi connectivity index (χ1) is 7.12. The van der Waals surface area contributed by atoms with E-state index in [2.05, 4.69) is 32.0 Å². The smallest absolute Gasteiger partial charge is 0.0688 e. The molecule has 1 aliphatic rings. The van der Waals surface area contributed by atoms with Crippen molar-refractivity contribution < 1.29 is 4.74 Å². The summed E-state index contributed by atoms with van der Waals surface area (Å²) in [5.74, 6) is 0. The van der Waals surface area contributed by atoms with Crippen molar-refractivity contribution in [1.29, 1.82) is 0 Å². The van der Waals surface area contributed by atoms with Crippen molar-refractivity contribution in [2.75, 3.05) is 13.2 Å². The van der Waals surface area contributed by atoms with E-state index >= 15 is 0 Å². The van der Waals surface area contributed by atoms with Crippen molar-refractivity contribution >= 4 is 0 Å². The van der Waals surface area contributed by atoms with Crippen LogP contribution in [-0.4, -0.2) is 13.2 Å². The predicted molar refractivity (Wildman–Crippen MR) is 61.8 cm³/mol. The van der Waals surface area contributed by atoms with Crippen molar-refractivity contribution in [3.63, 3.8) is 0 Å². The van der Waals surface area contributed by atoms with E-state index in [0.717, 1.165) is 19.4 Å². The van der Waals surface area contributed by atoms with Crippen molar-refractivity contribution in [3.05, 3.63) is 34.9 Å². The van der Waals surface area contributed by atoms with E-state index in [1.165, 1.54) is 16.7 Å². The zero-order valence-corrected chi connectivity index (χ0v) is 9.55. The molecule has 1 heterocycles. The molecule has 82 valence electrons. The third-order valence-electron chi connectivity index (χ3n) is 3.35. The molecule has 0 radical (unpaired) electrons. The molecule has 0 aromatic heterocycles. The fraction of sp³-hybridized carbons (Fsp3) is 0.538. The van der Waals surface area contributed by atoms with Crippen LogP contribution < -0.4 is 5.73 Å².